The van der Waals surface area contributed by atoms with Crippen LogP contribution in [-0.4, -0.2) is 32.0 Å². The normalized spacial score (nSPS) is 23.2. The van der Waals surface area contributed by atoms with E-state index in [1.54, 1.807) is 0 Å². The molecule has 0 spiro atoms. The van der Waals surface area contributed by atoms with Crippen molar-refractivity contribution in [3.8, 4) is 12.3 Å². The SMILES string of the molecule is C#CC(NC(=O)OC)C1CCCO1. The van der Waals surface area contributed by atoms with Gasteiger partial charge in [-0.3, -0.25) is 0 Å². The number of terminal acetylenes is 1. The molecule has 1 amide bonds. The number of ether oxygens (including phenoxy) is 2. The molecule has 0 aromatic heterocycles. The van der Waals surface area contributed by atoms with E-state index in [2.05, 4.69) is 16.0 Å². The Bertz CT molecular complexity index is 215. The number of nitrogens with one attached hydrogen (secondary N) is 1. The lowest BCUT2D eigenvalue weighted by Crippen LogP contribution is -2.41. The van der Waals surface area contributed by atoms with E-state index in [1.165, 1.54) is 7.11 Å². The fraction of sp³-hybridized carbons (Fsp3) is 0.667. The Morgan fingerprint density at radius 3 is 3.08 bits per heavy atom. The third-order valence-electron chi connectivity index (χ3n) is 1.97. The van der Waals surface area contributed by atoms with Crippen molar-refractivity contribution in [2.24, 2.45) is 0 Å². The predicted octanol–water partition coefficient (Wildman–Crippen LogP) is 0.523. The Morgan fingerprint density at radius 1 is 1.85 bits per heavy atom. The molecule has 0 radical (unpaired) electrons. The summed E-state index contributed by atoms with van der Waals surface area (Å²) in [6.45, 7) is 0.714. The molecule has 1 fully saturated rings. The molecule has 4 heteroatoms. The van der Waals surface area contributed by atoms with Crippen LogP contribution in [-0.2, 0) is 9.47 Å². The standard InChI is InChI=1S/C9H13NO3/c1-3-7(10-9(11)12-2)8-5-4-6-13-8/h1,7-8H,4-6H2,2H3,(H,10,11). The van der Waals surface area contributed by atoms with E-state index < -0.39 is 6.09 Å². The van der Waals surface area contributed by atoms with Crippen LogP contribution in [0.25, 0.3) is 0 Å². The highest BCUT2D eigenvalue weighted by Crippen LogP contribution is 2.15. The predicted molar refractivity (Wildman–Crippen MR) is 47.1 cm³/mol. The highest BCUT2D eigenvalue weighted by molar-refractivity contribution is 5.68. The molecule has 0 aliphatic carbocycles. The molecule has 1 N–H and O–H groups in total. The molecule has 4 nitrogen and oxygen atoms in total. The van der Waals surface area contributed by atoms with Crippen LogP contribution in [0.2, 0.25) is 0 Å². The van der Waals surface area contributed by atoms with Crippen molar-refractivity contribution in [1.29, 1.82) is 0 Å². The van der Waals surface area contributed by atoms with Gasteiger partial charge in [-0.2, -0.15) is 0 Å². The van der Waals surface area contributed by atoms with Crippen molar-refractivity contribution in [2.75, 3.05) is 13.7 Å². The second-order valence-corrected chi connectivity index (χ2v) is 2.83. The maximum atomic E-state index is 10.9. The van der Waals surface area contributed by atoms with Crippen molar-refractivity contribution >= 4 is 6.09 Å². The molecule has 1 rings (SSSR count). The van der Waals surface area contributed by atoms with Crippen LogP contribution in [0.5, 0.6) is 0 Å². The van der Waals surface area contributed by atoms with Gasteiger partial charge in [0.25, 0.3) is 0 Å². The Labute approximate surface area is 77.6 Å². The van der Waals surface area contributed by atoms with Crippen molar-refractivity contribution < 1.29 is 14.3 Å². The first-order chi connectivity index (χ1) is 6.27. The average Bonchev–Trinajstić information content (AvgIpc) is 2.66. The zero-order valence-corrected chi connectivity index (χ0v) is 7.58. The molecule has 1 aliphatic heterocycles. The van der Waals surface area contributed by atoms with Crippen molar-refractivity contribution in [3.63, 3.8) is 0 Å². The largest absolute Gasteiger partial charge is 0.453 e. The molecule has 0 saturated carbocycles. The lowest BCUT2D eigenvalue weighted by molar-refractivity contribution is 0.0897. The van der Waals surface area contributed by atoms with Gasteiger partial charge < -0.3 is 14.8 Å². The monoisotopic (exact) mass is 183 g/mol. The van der Waals surface area contributed by atoms with Crippen LogP contribution < -0.4 is 5.32 Å². The van der Waals surface area contributed by atoms with E-state index in [0.29, 0.717) is 6.61 Å². The molecular weight excluding hydrogens is 170 g/mol. The van der Waals surface area contributed by atoms with Gasteiger partial charge in [-0.15, -0.1) is 6.42 Å². The summed E-state index contributed by atoms with van der Waals surface area (Å²) in [5.41, 5.74) is 0. The van der Waals surface area contributed by atoms with Crippen molar-refractivity contribution in [1.82, 2.24) is 5.32 Å². The van der Waals surface area contributed by atoms with Gasteiger partial charge >= 0.3 is 6.09 Å². The van der Waals surface area contributed by atoms with E-state index >= 15 is 0 Å². The number of rotatable bonds is 2. The maximum absolute atomic E-state index is 10.9. The van der Waals surface area contributed by atoms with Crippen LogP contribution in [0.3, 0.4) is 0 Å². The summed E-state index contributed by atoms with van der Waals surface area (Å²) in [5, 5.41) is 2.54. The van der Waals surface area contributed by atoms with E-state index in [1.807, 2.05) is 0 Å². The molecule has 1 aliphatic rings. The van der Waals surface area contributed by atoms with Crippen LogP contribution >= 0.6 is 0 Å². The fourth-order valence-corrected chi connectivity index (χ4v) is 1.29. The molecule has 0 aromatic rings. The summed E-state index contributed by atoms with van der Waals surface area (Å²) < 4.78 is 9.78. The minimum absolute atomic E-state index is 0.0656. The number of carbonyl (C=O) groups is 1. The smallest absolute Gasteiger partial charge is 0.407 e. The minimum Gasteiger partial charge on any atom is -0.453 e. The highest BCUT2D eigenvalue weighted by Gasteiger charge is 2.25. The molecule has 72 valence electrons. The van der Waals surface area contributed by atoms with Crippen LogP contribution in [0, 0.1) is 12.3 Å². The Kier molecular flexibility index (Phi) is 3.59. The molecule has 13 heavy (non-hydrogen) atoms. The zero-order valence-electron chi connectivity index (χ0n) is 7.58. The lowest BCUT2D eigenvalue weighted by Gasteiger charge is -2.17. The maximum Gasteiger partial charge on any atom is 0.407 e. The van der Waals surface area contributed by atoms with E-state index in [9.17, 15) is 4.79 Å². The first-order valence-corrected chi connectivity index (χ1v) is 4.20. The highest BCUT2D eigenvalue weighted by atomic mass is 16.5. The van der Waals surface area contributed by atoms with Crippen LogP contribution in [0.15, 0.2) is 0 Å². The van der Waals surface area contributed by atoms with E-state index in [0.717, 1.165) is 12.8 Å². The number of hydrogen-bond acceptors (Lipinski definition) is 3. The number of hydrogen-bond donors (Lipinski definition) is 1. The summed E-state index contributed by atoms with van der Waals surface area (Å²) in [4.78, 5) is 10.9. The van der Waals surface area contributed by atoms with Gasteiger partial charge in [-0.25, -0.2) is 4.79 Å². The number of alkyl carbamates (subject to hydrolysis) is 1. The van der Waals surface area contributed by atoms with Crippen molar-refractivity contribution in [2.45, 2.75) is 25.0 Å². The average molecular weight is 183 g/mol. The topological polar surface area (TPSA) is 47.6 Å². The third-order valence-corrected chi connectivity index (χ3v) is 1.97. The van der Waals surface area contributed by atoms with E-state index in [-0.39, 0.29) is 12.1 Å². The fourth-order valence-electron chi connectivity index (χ4n) is 1.29. The molecule has 1 heterocycles. The number of carbonyl (C=O) groups excluding carboxylic acids is 1. The second kappa shape index (κ2) is 4.73. The van der Waals surface area contributed by atoms with Gasteiger partial charge in [0.15, 0.2) is 0 Å². The summed E-state index contributed by atoms with van der Waals surface area (Å²) in [5.74, 6) is 2.47. The first kappa shape index (κ1) is 9.87. The quantitative estimate of drug-likeness (QED) is 0.635. The molecule has 1 saturated heterocycles. The Hall–Kier alpha value is -1.21. The summed E-state index contributed by atoms with van der Waals surface area (Å²) in [6, 6.07) is -0.380. The third kappa shape index (κ3) is 2.63. The first-order valence-electron chi connectivity index (χ1n) is 4.20. The molecule has 0 bridgehead atoms. The van der Waals surface area contributed by atoms with Crippen LogP contribution in [0.1, 0.15) is 12.8 Å². The molecule has 0 aromatic carbocycles. The zero-order chi connectivity index (χ0) is 9.68. The van der Waals surface area contributed by atoms with Crippen molar-refractivity contribution in [3.05, 3.63) is 0 Å². The van der Waals surface area contributed by atoms with Crippen LogP contribution in [0.4, 0.5) is 4.79 Å². The van der Waals surface area contributed by atoms with Gasteiger partial charge in [-0.05, 0) is 12.8 Å². The second-order valence-electron chi connectivity index (χ2n) is 2.83. The number of methoxy groups -OCH3 is 1. The summed E-state index contributed by atoms with van der Waals surface area (Å²) >= 11 is 0. The summed E-state index contributed by atoms with van der Waals surface area (Å²) in [7, 11) is 1.30. The van der Waals surface area contributed by atoms with Gasteiger partial charge in [0.2, 0.25) is 0 Å². The van der Waals surface area contributed by atoms with E-state index in [4.69, 9.17) is 11.2 Å². The van der Waals surface area contributed by atoms with Gasteiger partial charge in [0, 0.05) is 6.61 Å². The van der Waals surface area contributed by atoms with Gasteiger partial charge in [0.1, 0.15) is 6.04 Å². The minimum atomic E-state index is -0.515. The van der Waals surface area contributed by atoms with Gasteiger partial charge in [-0.1, -0.05) is 5.92 Å². The Morgan fingerprint density at radius 2 is 2.62 bits per heavy atom. The van der Waals surface area contributed by atoms with Gasteiger partial charge in [0.05, 0.1) is 13.2 Å². The Balaban J connectivity index is 2.43. The molecule has 2 unspecified atom stereocenters. The summed E-state index contributed by atoms with van der Waals surface area (Å²) in [6.07, 6.45) is 6.55. The molecular formula is C9H13NO3. The molecule has 2 atom stereocenters. The lowest BCUT2D eigenvalue weighted by atomic mass is 10.1. The number of amides is 1.